The van der Waals surface area contributed by atoms with Crippen molar-refractivity contribution < 1.29 is 0 Å². The minimum Gasteiger partial charge on any atom is -0.366 e. The summed E-state index contributed by atoms with van der Waals surface area (Å²) >= 11 is 0. The summed E-state index contributed by atoms with van der Waals surface area (Å²) in [5.41, 5.74) is 1.86. The molecule has 0 radical (unpaired) electrons. The van der Waals surface area contributed by atoms with Crippen LogP contribution in [0.25, 0.3) is 0 Å². The van der Waals surface area contributed by atoms with Crippen LogP contribution in [-0.4, -0.2) is 34.3 Å². The van der Waals surface area contributed by atoms with E-state index in [9.17, 15) is 0 Å². The molecule has 0 unspecified atom stereocenters. The molecule has 1 aromatic carbocycles. The summed E-state index contributed by atoms with van der Waals surface area (Å²) in [4.78, 5) is 2.49. The van der Waals surface area contributed by atoms with E-state index in [2.05, 4.69) is 33.0 Å². The first-order valence-corrected chi connectivity index (χ1v) is 8.29. The number of nitrogens with zero attached hydrogens (tertiary/aromatic N) is 4. The second-order valence-electron chi connectivity index (χ2n) is 5.99. The third-order valence-electron chi connectivity index (χ3n) is 4.58. The molecule has 1 aromatic heterocycles. The van der Waals surface area contributed by atoms with Crippen LogP contribution in [0.15, 0.2) is 36.5 Å². The summed E-state index contributed by atoms with van der Waals surface area (Å²) in [6.07, 6.45) is 4.18. The number of aromatic nitrogens is 2. The fourth-order valence-electron chi connectivity index (χ4n) is 3.12. The molecule has 0 atom stereocenters. The lowest BCUT2D eigenvalue weighted by Crippen LogP contribution is -2.34. The molecule has 120 valence electrons. The van der Waals surface area contributed by atoms with Crippen LogP contribution >= 0.6 is 0 Å². The molecule has 1 N–H and O–H groups in total. The van der Waals surface area contributed by atoms with Crippen LogP contribution in [0.3, 0.4) is 0 Å². The Morgan fingerprint density at radius 1 is 1.22 bits per heavy atom. The van der Waals surface area contributed by atoms with Gasteiger partial charge in [0.1, 0.15) is 5.82 Å². The van der Waals surface area contributed by atoms with Gasteiger partial charge in [0.25, 0.3) is 0 Å². The van der Waals surface area contributed by atoms with Crippen molar-refractivity contribution in [2.24, 2.45) is 0 Å². The van der Waals surface area contributed by atoms with E-state index in [1.807, 2.05) is 36.5 Å². The molecule has 0 amide bonds. The van der Waals surface area contributed by atoms with Crippen molar-refractivity contribution in [3.8, 4) is 6.07 Å². The first-order chi connectivity index (χ1) is 11.3. The van der Waals surface area contributed by atoms with Gasteiger partial charge in [-0.3, -0.25) is 0 Å². The van der Waals surface area contributed by atoms with Gasteiger partial charge in [-0.15, -0.1) is 0 Å². The summed E-state index contributed by atoms with van der Waals surface area (Å²) in [7, 11) is 0. The van der Waals surface area contributed by atoms with Gasteiger partial charge in [-0.05, 0) is 37.1 Å². The van der Waals surface area contributed by atoms with Gasteiger partial charge in [0.15, 0.2) is 0 Å². The molecule has 23 heavy (non-hydrogen) atoms. The topological polar surface area (TPSA) is 56.9 Å². The number of hydrogen-bond acceptors (Lipinski definition) is 4. The Kier molecular flexibility index (Phi) is 4.94. The molecular weight excluding hydrogens is 286 g/mol. The summed E-state index contributed by atoms with van der Waals surface area (Å²) in [6.45, 7) is 6.39. The minimum atomic E-state index is 0.483. The Morgan fingerprint density at radius 2 is 1.96 bits per heavy atom. The number of benzene rings is 1. The van der Waals surface area contributed by atoms with E-state index in [0.717, 1.165) is 50.4 Å². The summed E-state index contributed by atoms with van der Waals surface area (Å²) in [5.74, 6) is 1.07. The van der Waals surface area contributed by atoms with Gasteiger partial charge in [-0.1, -0.05) is 19.1 Å². The van der Waals surface area contributed by atoms with Crippen LogP contribution in [0.4, 0.5) is 5.82 Å². The van der Waals surface area contributed by atoms with Crippen molar-refractivity contribution in [3.63, 3.8) is 0 Å². The molecule has 2 heterocycles. The predicted octanol–water partition coefficient (Wildman–Crippen LogP) is 3.02. The highest BCUT2D eigenvalue weighted by Crippen LogP contribution is 2.25. The highest BCUT2D eigenvalue weighted by Gasteiger charge is 2.21. The maximum atomic E-state index is 8.85. The first kappa shape index (κ1) is 15.6. The van der Waals surface area contributed by atoms with Gasteiger partial charge in [0.05, 0.1) is 23.9 Å². The van der Waals surface area contributed by atoms with Gasteiger partial charge in [0.2, 0.25) is 0 Å². The number of rotatable bonds is 5. The number of nitriles is 1. The Labute approximate surface area is 137 Å². The lowest BCUT2D eigenvalue weighted by molar-refractivity contribution is 0.188. The van der Waals surface area contributed by atoms with Crippen LogP contribution in [0.2, 0.25) is 0 Å². The third kappa shape index (κ3) is 3.72. The fourth-order valence-corrected chi connectivity index (χ4v) is 3.12. The zero-order chi connectivity index (χ0) is 16.1. The van der Waals surface area contributed by atoms with Gasteiger partial charge >= 0.3 is 0 Å². The Balaban J connectivity index is 1.61. The smallest absolute Gasteiger partial charge is 0.124 e. The highest BCUT2D eigenvalue weighted by atomic mass is 15.3. The first-order valence-electron chi connectivity index (χ1n) is 8.29. The third-order valence-corrected chi connectivity index (χ3v) is 4.58. The molecule has 0 aliphatic carbocycles. The van der Waals surface area contributed by atoms with E-state index in [0.29, 0.717) is 11.6 Å². The van der Waals surface area contributed by atoms with Gasteiger partial charge < -0.3 is 10.2 Å². The van der Waals surface area contributed by atoms with Crippen molar-refractivity contribution in [2.75, 3.05) is 25.0 Å². The van der Waals surface area contributed by atoms with Gasteiger partial charge in [-0.2, -0.15) is 10.4 Å². The number of piperidine rings is 1. The monoisotopic (exact) mass is 309 g/mol. The molecule has 1 fully saturated rings. The second-order valence-corrected chi connectivity index (χ2v) is 5.99. The molecule has 2 aromatic rings. The molecule has 1 aliphatic heterocycles. The van der Waals surface area contributed by atoms with Crippen molar-refractivity contribution >= 4 is 5.82 Å². The number of anilines is 1. The summed E-state index contributed by atoms with van der Waals surface area (Å²) < 4.78 is 2.14. The standard InChI is InChI=1S/C18H23N5/c1-2-22-11-8-17(9-12-22)23-18(7-10-21-23)20-14-16-5-3-15(13-19)4-6-16/h3-7,10,17,20H,2,8-9,11-12,14H2,1H3. The largest absolute Gasteiger partial charge is 0.366 e. The maximum absolute atomic E-state index is 8.85. The predicted molar refractivity (Wildman–Crippen MR) is 91.1 cm³/mol. The highest BCUT2D eigenvalue weighted by molar-refractivity contribution is 5.37. The zero-order valence-electron chi connectivity index (χ0n) is 13.6. The van der Waals surface area contributed by atoms with Crippen molar-refractivity contribution in [1.29, 1.82) is 5.26 Å². The average Bonchev–Trinajstić information content (AvgIpc) is 3.09. The minimum absolute atomic E-state index is 0.483. The maximum Gasteiger partial charge on any atom is 0.124 e. The van der Waals surface area contributed by atoms with Crippen LogP contribution in [0, 0.1) is 11.3 Å². The molecule has 0 bridgehead atoms. The quantitative estimate of drug-likeness (QED) is 0.922. The van der Waals surface area contributed by atoms with Crippen molar-refractivity contribution in [3.05, 3.63) is 47.7 Å². The summed E-state index contributed by atoms with van der Waals surface area (Å²) in [5, 5.41) is 16.8. The Morgan fingerprint density at radius 3 is 2.61 bits per heavy atom. The molecular formula is C18H23N5. The molecule has 0 saturated carbocycles. The normalized spacial score (nSPS) is 16.2. The van der Waals surface area contributed by atoms with Crippen molar-refractivity contribution in [2.45, 2.75) is 32.4 Å². The lowest BCUT2D eigenvalue weighted by atomic mass is 10.1. The van der Waals surface area contributed by atoms with Gasteiger partial charge in [0, 0.05) is 25.7 Å². The molecule has 1 saturated heterocycles. The van der Waals surface area contributed by atoms with E-state index in [1.165, 1.54) is 0 Å². The molecule has 3 rings (SSSR count). The second kappa shape index (κ2) is 7.30. The number of hydrogen-bond donors (Lipinski definition) is 1. The van der Waals surface area contributed by atoms with E-state index in [1.54, 1.807) is 0 Å². The SMILES string of the molecule is CCN1CCC(n2nccc2NCc2ccc(C#N)cc2)CC1. The Hall–Kier alpha value is -2.32. The molecule has 1 aliphatic rings. The molecule has 0 spiro atoms. The zero-order valence-corrected chi connectivity index (χ0v) is 13.6. The van der Waals surface area contributed by atoms with Crippen LogP contribution in [0.1, 0.15) is 36.9 Å². The number of likely N-dealkylation sites (tertiary alicyclic amines) is 1. The van der Waals surface area contributed by atoms with Crippen LogP contribution in [-0.2, 0) is 6.54 Å². The fraction of sp³-hybridized carbons (Fsp3) is 0.444. The van der Waals surface area contributed by atoms with Crippen molar-refractivity contribution in [1.82, 2.24) is 14.7 Å². The number of nitrogens with one attached hydrogen (secondary N) is 1. The lowest BCUT2D eigenvalue weighted by Gasteiger charge is -2.31. The Bertz CT molecular complexity index is 659. The summed E-state index contributed by atoms with van der Waals surface area (Å²) in [6, 6.07) is 12.4. The molecule has 5 heteroatoms. The van der Waals surface area contributed by atoms with Crippen LogP contribution < -0.4 is 5.32 Å². The molecule has 5 nitrogen and oxygen atoms in total. The van der Waals surface area contributed by atoms with E-state index in [4.69, 9.17) is 5.26 Å². The van der Waals surface area contributed by atoms with Gasteiger partial charge in [-0.25, -0.2) is 4.68 Å². The van der Waals surface area contributed by atoms with E-state index < -0.39 is 0 Å². The average molecular weight is 309 g/mol. The van der Waals surface area contributed by atoms with E-state index in [-0.39, 0.29) is 0 Å². The van der Waals surface area contributed by atoms with E-state index >= 15 is 0 Å². The van der Waals surface area contributed by atoms with Crippen LogP contribution in [0.5, 0.6) is 0 Å².